The maximum absolute atomic E-state index is 13.3. The molecule has 1 heterocycles. The Balaban J connectivity index is 1.55. The summed E-state index contributed by atoms with van der Waals surface area (Å²) in [5.41, 5.74) is 3.46. The fraction of sp³-hybridized carbons (Fsp3) is 0.476. The average Bonchev–Trinajstić information content (AvgIpc) is 3.39. The van der Waals surface area contributed by atoms with Crippen molar-refractivity contribution in [1.29, 1.82) is 0 Å². The predicted octanol–water partition coefficient (Wildman–Crippen LogP) is 4.69. The maximum Gasteiger partial charge on any atom is 0.255 e. The predicted molar refractivity (Wildman–Crippen MR) is 101 cm³/mol. The molecule has 0 bridgehead atoms. The van der Waals surface area contributed by atoms with Gasteiger partial charge in [0.25, 0.3) is 5.91 Å². The van der Waals surface area contributed by atoms with Crippen LogP contribution in [0.15, 0.2) is 29.6 Å². The van der Waals surface area contributed by atoms with Gasteiger partial charge in [-0.1, -0.05) is 19.1 Å². The lowest BCUT2D eigenvalue weighted by molar-refractivity contribution is 0.0729. The Kier molecular flexibility index (Phi) is 4.55. The van der Waals surface area contributed by atoms with Crippen molar-refractivity contribution in [2.24, 2.45) is 5.92 Å². The van der Waals surface area contributed by atoms with E-state index >= 15 is 0 Å². The van der Waals surface area contributed by atoms with Crippen LogP contribution in [0.1, 0.15) is 52.5 Å². The lowest BCUT2D eigenvalue weighted by Crippen LogP contribution is -2.33. The minimum absolute atomic E-state index is 0.227. The van der Waals surface area contributed by atoms with Gasteiger partial charge in [-0.05, 0) is 61.3 Å². The molecule has 25 heavy (non-hydrogen) atoms. The molecule has 0 radical (unpaired) electrons. The second kappa shape index (κ2) is 6.83. The zero-order valence-electron chi connectivity index (χ0n) is 15.0. The van der Waals surface area contributed by atoms with E-state index in [0.717, 1.165) is 42.9 Å². The topological polar surface area (TPSA) is 29.5 Å². The molecule has 4 heteroatoms. The first kappa shape index (κ1) is 16.6. The summed E-state index contributed by atoms with van der Waals surface area (Å²) < 4.78 is 5.23. The molecule has 0 N–H and O–H groups in total. The summed E-state index contributed by atoms with van der Waals surface area (Å²) in [6.07, 6.45) is 5.65. The number of benzene rings is 1. The number of hydrogen-bond acceptors (Lipinski definition) is 3. The minimum atomic E-state index is 0.227. The monoisotopic (exact) mass is 355 g/mol. The number of ether oxygens (including phenoxy) is 1. The summed E-state index contributed by atoms with van der Waals surface area (Å²) >= 11 is 1.78. The van der Waals surface area contributed by atoms with Crippen molar-refractivity contribution in [3.63, 3.8) is 0 Å². The summed E-state index contributed by atoms with van der Waals surface area (Å²) in [7, 11) is 1.68. The summed E-state index contributed by atoms with van der Waals surface area (Å²) in [4.78, 5) is 16.8. The van der Waals surface area contributed by atoms with E-state index in [2.05, 4.69) is 29.3 Å². The number of nitrogens with zero attached hydrogens (tertiary/aromatic N) is 1. The molecule has 1 saturated carbocycles. The normalized spacial score (nSPS) is 19.4. The summed E-state index contributed by atoms with van der Waals surface area (Å²) in [6, 6.07) is 8.48. The van der Waals surface area contributed by atoms with Crippen molar-refractivity contribution >= 4 is 17.2 Å². The number of carbonyl (C=O) groups is 1. The molecule has 0 saturated heterocycles. The molecule has 0 aliphatic heterocycles. The quantitative estimate of drug-likeness (QED) is 0.779. The molecule has 0 unspecified atom stereocenters. The van der Waals surface area contributed by atoms with Crippen LogP contribution in [0.4, 0.5) is 0 Å². The van der Waals surface area contributed by atoms with E-state index in [1.807, 2.05) is 12.1 Å². The van der Waals surface area contributed by atoms with E-state index in [4.69, 9.17) is 4.74 Å². The van der Waals surface area contributed by atoms with Crippen molar-refractivity contribution in [2.75, 3.05) is 7.11 Å². The number of rotatable bonds is 5. The summed E-state index contributed by atoms with van der Waals surface area (Å²) in [6.45, 7) is 3.00. The Labute approximate surface area is 153 Å². The van der Waals surface area contributed by atoms with Gasteiger partial charge in [-0.3, -0.25) is 4.79 Å². The van der Waals surface area contributed by atoms with Gasteiger partial charge in [0, 0.05) is 22.8 Å². The van der Waals surface area contributed by atoms with Crippen LogP contribution in [0.25, 0.3) is 0 Å². The number of methoxy groups -OCH3 is 1. The average molecular weight is 356 g/mol. The number of amides is 1. The molecule has 1 fully saturated rings. The van der Waals surface area contributed by atoms with E-state index in [1.165, 1.54) is 22.4 Å². The molecule has 3 nitrogen and oxygen atoms in total. The van der Waals surface area contributed by atoms with Gasteiger partial charge < -0.3 is 9.64 Å². The number of thiophene rings is 1. The molecule has 1 atom stereocenters. The van der Waals surface area contributed by atoms with Crippen LogP contribution in [0.2, 0.25) is 0 Å². The van der Waals surface area contributed by atoms with E-state index in [1.54, 1.807) is 18.4 Å². The largest absolute Gasteiger partial charge is 0.497 e. The molecule has 1 aromatic heterocycles. The number of fused-ring (bicyclic) bond motifs is 1. The Morgan fingerprint density at radius 2 is 2.00 bits per heavy atom. The lowest BCUT2D eigenvalue weighted by Gasteiger charge is -2.24. The van der Waals surface area contributed by atoms with Crippen LogP contribution in [0, 0.1) is 5.92 Å². The van der Waals surface area contributed by atoms with Gasteiger partial charge in [0.2, 0.25) is 0 Å². The molecule has 2 aliphatic rings. The highest BCUT2D eigenvalue weighted by atomic mass is 32.1. The summed E-state index contributed by atoms with van der Waals surface area (Å²) in [5, 5.41) is 2.11. The lowest BCUT2D eigenvalue weighted by atomic mass is 9.88. The molecule has 1 amide bonds. The minimum Gasteiger partial charge on any atom is -0.497 e. The first-order chi connectivity index (χ1) is 12.2. The highest BCUT2D eigenvalue weighted by Crippen LogP contribution is 2.36. The van der Waals surface area contributed by atoms with Crippen molar-refractivity contribution in [2.45, 2.75) is 51.6 Å². The second-order valence-electron chi connectivity index (χ2n) is 7.41. The van der Waals surface area contributed by atoms with Crippen molar-refractivity contribution in [3.05, 3.63) is 51.2 Å². The van der Waals surface area contributed by atoms with Crippen LogP contribution < -0.4 is 4.74 Å². The Morgan fingerprint density at radius 3 is 2.68 bits per heavy atom. The van der Waals surface area contributed by atoms with Crippen molar-refractivity contribution in [1.82, 2.24) is 4.90 Å². The van der Waals surface area contributed by atoms with Gasteiger partial charge in [0.15, 0.2) is 0 Å². The van der Waals surface area contributed by atoms with Gasteiger partial charge in [0.05, 0.1) is 12.7 Å². The molecular formula is C21H25NO2S. The van der Waals surface area contributed by atoms with E-state index in [-0.39, 0.29) is 5.91 Å². The van der Waals surface area contributed by atoms with E-state index < -0.39 is 0 Å². The number of hydrogen-bond donors (Lipinski definition) is 0. The smallest absolute Gasteiger partial charge is 0.255 e. The van der Waals surface area contributed by atoms with Crippen molar-refractivity contribution < 1.29 is 9.53 Å². The highest BCUT2D eigenvalue weighted by molar-refractivity contribution is 7.10. The molecule has 0 spiro atoms. The van der Waals surface area contributed by atoms with Crippen LogP contribution >= 0.6 is 11.3 Å². The van der Waals surface area contributed by atoms with Gasteiger partial charge in [-0.2, -0.15) is 0 Å². The molecule has 132 valence electrons. The summed E-state index contributed by atoms with van der Waals surface area (Å²) in [5.74, 6) is 1.83. The van der Waals surface area contributed by atoms with Crippen LogP contribution in [0.3, 0.4) is 0 Å². The molecule has 2 aromatic rings. The molecule has 2 aliphatic carbocycles. The second-order valence-corrected chi connectivity index (χ2v) is 8.38. The third kappa shape index (κ3) is 3.45. The van der Waals surface area contributed by atoms with Gasteiger partial charge >= 0.3 is 0 Å². The standard InChI is InChI=1S/C21H25NO2S/c1-14-3-10-18-19(13-25-20(18)11-14)21(23)22(16-6-7-16)12-15-4-8-17(24-2)9-5-15/h4-5,8-9,13-14,16H,3,6-7,10-12H2,1-2H3/t14-/m1/s1. The first-order valence-electron chi connectivity index (χ1n) is 9.19. The third-order valence-corrected chi connectivity index (χ3v) is 6.44. The molecular weight excluding hydrogens is 330 g/mol. The number of carbonyl (C=O) groups excluding carboxylic acids is 1. The van der Waals surface area contributed by atoms with Gasteiger partial charge in [0.1, 0.15) is 5.75 Å². The Morgan fingerprint density at radius 1 is 1.24 bits per heavy atom. The van der Waals surface area contributed by atoms with E-state index in [0.29, 0.717) is 12.6 Å². The zero-order valence-corrected chi connectivity index (χ0v) is 15.8. The van der Waals surface area contributed by atoms with Crippen LogP contribution in [-0.4, -0.2) is 24.0 Å². The fourth-order valence-electron chi connectivity index (χ4n) is 3.69. The van der Waals surface area contributed by atoms with Crippen LogP contribution in [0.5, 0.6) is 5.75 Å². The maximum atomic E-state index is 13.3. The third-order valence-electron chi connectivity index (χ3n) is 5.39. The first-order valence-corrected chi connectivity index (χ1v) is 10.1. The SMILES string of the molecule is COc1ccc(CN(C(=O)c2csc3c2CC[C@@H](C)C3)C2CC2)cc1. The van der Waals surface area contributed by atoms with E-state index in [9.17, 15) is 4.79 Å². The van der Waals surface area contributed by atoms with Crippen LogP contribution in [-0.2, 0) is 19.4 Å². The molecule has 4 rings (SSSR count). The zero-order chi connectivity index (χ0) is 17.4. The van der Waals surface area contributed by atoms with Crippen molar-refractivity contribution in [3.8, 4) is 5.75 Å². The Hall–Kier alpha value is -1.81. The fourth-order valence-corrected chi connectivity index (χ4v) is 4.93. The molecule has 1 aromatic carbocycles. The van der Waals surface area contributed by atoms with Gasteiger partial charge in [-0.15, -0.1) is 11.3 Å². The Bertz CT molecular complexity index is 761. The highest BCUT2D eigenvalue weighted by Gasteiger charge is 2.35. The van der Waals surface area contributed by atoms with Gasteiger partial charge in [-0.25, -0.2) is 0 Å².